The number of rotatable bonds is 9. The van der Waals surface area contributed by atoms with E-state index in [1.807, 2.05) is 32.8 Å². The maximum Gasteiger partial charge on any atom is 0.230 e. The first-order valence-corrected chi connectivity index (χ1v) is 14.6. The van der Waals surface area contributed by atoms with Crippen LogP contribution in [0.25, 0.3) is 0 Å². The van der Waals surface area contributed by atoms with Crippen LogP contribution in [-0.4, -0.2) is 53.4 Å². The molecular weight excluding hydrogens is 434 g/mol. The van der Waals surface area contributed by atoms with Crippen molar-refractivity contribution in [3.05, 3.63) is 59.7 Å². The van der Waals surface area contributed by atoms with Crippen LogP contribution in [0, 0.1) is 13.8 Å². The summed E-state index contributed by atoms with van der Waals surface area (Å²) in [7, 11) is -1.64. The topological polar surface area (TPSA) is 71.5 Å². The van der Waals surface area contributed by atoms with Crippen molar-refractivity contribution in [2.75, 3.05) is 25.6 Å². The molecule has 0 unspecified atom stereocenters. The lowest BCUT2D eigenvalue weighted by molar-refractivity contribution is 0.345. The van der Waals surface area contributed by atoms with Gasteiger partial charge in [0.1, 0.15) is 0 Å². The van der Waals surface area contributed by atoms with Gasteiger partial charge in [-0.05, 0) is 73.8 Å². The van der Waals surface area contributed by atoms with Crippen molar-refractivity contribution in [2.45, 2.75) is 29.7 Å². The molecule has 0 heterocycles. The summed E-state index contributed by atoms with van der Waals surface area (Å²) in [5.74, 6) is 0.555. The van der Waals surface area contributed by atoms with Crippen LogP contribution in [0.2, 0.25) is 0 Å². The Bertz CT molecular complexity index is 904. The molecule has 0 radical (unpaired) electrons. The molecule has 2 aromatic carbocycles. The van der Waals surface area contributed by atoms with E-state index in [0.29, 0.717) is 0 Å². The fourth-order valence-corrected chi connectivity index (χ4v) is 8.59. The molecule has 0 aromatic heterocycles. The third-order valence-electron chi connectivity index (χ3n) is 4.18. The predicted octanol–water partition coefficient (Wildman–Crippen LogP) is 3.78. The standard InChI is InChI=1S/C19H25NO4S4/c1-15-5-9-18(10-6-15)27(21,22)25-13-17(20(3)4)14-26-28(23,24)19-11-7-16(2)8-12-19/h5-12,17H,13-14H2,1-4H3. The molecule has 0 spiro atoms. The largest absolute Gasteiger partial charge is 0.305 e. The van der Waals surface area contributed by atoms with Gasteiger partial charge < -0.3 is 4.90 Å². The lowest BCUT2D eigenvalue weighted by atomic mass is 10.2. The zero-order chi connectivity index (χ0) is 20.9. The van der Waals surface area contributed by atoms with Crippen LogP contribution >= 0.6 is 21.6 Å². The molecule has 0 bridgehead atoms. The van der Waals surface area contributed by atoms with Crippen molar-refractivity contribution in [1.29, 1.82) is 0 Å². The van der Waals surface area contributed by atoms with Gasteiger partial charge in [0.05, 0.1) is 9.79 Å². The van der Waals surface area contributed by atoms with Crippen molar-refractivity contribution in [3.63, 3.8) is 0 Å². The molecule has 28 heavy (non-hydrogen) atoms. The van der Waals surface area contributed by atoms with Gasteiger partial charge in [0, 0.05) is 17.5 Å². The minimum atomic E-state index is -3.49. The van der Waals surface area contributed by atoms with Crippen molar-refractivity contribution in [2.24, 2.45) is 0 Å². The second-order valence-electron chi connectivity index (χ2n) is 6.72. The number of hydrogen-bond donors (Lipinski definition) is 0. The van der Waals surface area contributed by atoms with Crippen LogP contribution in [0.1, 0.15) is 11.1 Å². The molecule has 0 atom stereocenters. The molecule has 0 aliphatic rings. The van der Waals surface area contributed by atoms with Crippen molar-refractivity contribution in [1.82, 2.24) is 4.90 Å². The Morgan fingerprint density at radius 1 is 0.714 bits per heavy atom. The predicted molar refractivity (Wildman–Crippen MR) is 119 cm³/mol. The molecular formula is C19H25NO4S4. The summed E-state index contributed by atoms with van der Waals surface area (Å²) in [6.07, 6.45) is 0. The maximum absolute atomic E-state index is 12.5. The van der Waals surface area contributed by atoms with E-state index in [1.54, 1.807) is 48.5 Å². The molecule has 154 valence electrons. The lowest BCUT2D eigenvalue weighted by Gasteiger charge is -2.23. The first-order chi connectivity index (χ1) is 13.0. The summed E-state index contributed by atoms with van der Waals surface area (Å²) in [5.41, 5.74) is 1.99. The summed E-state index contributed by atoms with van der Waals surface area (Å²) >= 11 is 0. The molecule has 2 aromatic rings. The maximum atomic E-state index is 12.5. The van der Waals surface area contributed by atoms with Crippen LogP contribution in [0.15, 0.2) is 58.3 Å². The van der Waals surface area contributed by atoms with Gasteiger partial charge in [0.2, 0.25) is 17.7 Å². The highest BCUT2D eigenvalue weighted by Crippen LogP contribution is 2.29. The Kier molecular flexibility index (Phi) is 8.04. The second-order valence-corrected chi connectivity index (χ2v) is 14.7. The van der Waals surface area contributed by atoms with Gasteiger partial charge in [-0.15, -0.1) is 0 Å². The lowest BCUT2D eigenvalue weighted by Crippen LogP contribution is -2.33. The van der Waals surface area contributed by atoms with Crippen molar-refractivity contribution in [3.8, 4) is 0 Å². The summed E-state index contributed by atoms with van der Waals surface area (Å²) in [6.45, 7) is 3.80. The highest BCUT2D eigenvalue weighted by atomic mass is 33.1. The van der Waals surface area contributed by atoms with E-state index < -0.39 is 17.7 Å². The number of benzene rings is 2. The number of aryl methyl sites for hydroxylation is 2. The molecule has 9 heteroatoms. The van der Waals surface area contributed by atoms with Gasteiger partial charge >= 0.3 is 0 Å². The van der Waals surface area contributed by atoms with E-state index in [9.17, 15) is 16.8 Å². The molecule has 0 aliphatic carbocycles. The van der Waals surface area contributed by atoms with E-state index in [-0.39, 0.29) is 27.3 Å². The van der Waals surface area contributed by atoms with Gasteiger partial charge in [-0.1, -0.05) is 35.4 Å². The fraction of sp³-hybridized carbons (Fsp3) is 0.368. The molecule has 5 nitrogen and oxygen atoms in total. The average molecular weight is 460 g/mol. The minimum absolute atomic E-state index is 0.213. The number of hydrogen-bond acceptors (Lipinski definition) is 7. The second kappa shape index (κ2) is 9.67. The Balaban J connectivity index is 2.03. The third-order valence-corrected chi connectivity index (χ3v) is 11.4. The molecule has 0 amide bonds. The summed E-state index contributed by atoms with van der Waals surface area (Å²) < 4.78 is 50.2. The molecule has 2 rings (SSSR count). The summed E-state index contributed by atoms with van der Waals surface area (Å²) in [4.78, 5) is 2.39. The van der Waals surface area contributed by atoms with E-state index in [4.69, 9.17) is 0 Å². The van der Waals surface area contributed by atoms with Gasteiger partial charge in [-0.25, -0.2) is 16.8 Å². The Morgan fingerprint density at radius 3 is 1.32 bits per heavy atom. The Morgan fingerprint density at radius 2 is 1.04 bits per heavy atom. The van der Waals surface area contributed by atoms with Gasteiger partial charge in [-0.2, -0.15) is 0 Å². The molecule has 0 saturated heterocycles. The monoisotopic (exact) mass is 459 g/mol. The van der Waals surface area contributed by atoms with Crippen molar-refractivity contribution >= 4 is 39.3 Å². The van der Waals surface area contributed by atoms with Crippen molar-refractivity contribution < 1.29 is 16.8 Å². The first kappa shape index (κ1) is 23.3. The normalized spacial score (nSPS) is 12.6. The van der Waals surface area contributed by atoms with E-state index in [1.165, 1.54) is 0 Å². The molecule has 0 fully saturated rings. The van der Waals surface area contributed by atoms with E-state index >= 15 is 0 Å². The van der Waals surface area contributed by atoms with E-state index in [0.717, 1.165) is 32.7 Å². The van der Waals surface area contributed by atoms with Crippen LogP contribution in [0.3, 0.4) is 0 Å². The first-order valence-electron chi connectivity index (χ1n) is 8.60. The smallest absolute Gasteiger partial charge is 0.230 e. The Hall–Kier alpha value is -1.00. The van der Waals surface area contributed by atoms with Gasteiger partial charge in [-0.3, -0.25) is 0 Å². The highest BCUT2D eigenvalue weighted by molar-refractivity contribution is 8.72. The highest BCUT2D eigenvalue weighted by Gasteiger charge is 2.23. The average Bonchev–Trinajstić information content (AvgIpc) is 2.62. The minimum Gasteiger partial charge on any atom is -0.305 e. The van der Waals surface area contributed by atoms with Crippen LogP contribution in [-0.2, 0) is 17.7 Å². The third kappa shape index (κ3) is 6.52. The van der Waals surface area contributed by atoms with Gasteiger partial charge in [0.25, 0.3) is 0 Å². The van der Waals surface area contributed by atoms with E-state index in [2.05, 4.69) is 0 Å². The Labute approximate surface area is 175 Å². The van der Waals surface area contributed by atoms with Crippen LogP contribution in [0.5, 0.6) is 0 Å². The molecule has 0 aliphatic heterocycles. The summed E-state index contributed by atoms with van der Waals surface area (Å²) in [6, 6.07) is 13.2. The molecule has 0 N–H and O–H groups in total. The SMILES string of the molecule is Cc1ccc(S(=O)(=O)SCC(CSS(=O)(=O)c2ccc(C)cc2)N(C)C)cc1. The molecule has 0 saturated carbocycles. The number of nitrogens with zero attached hydrogens (tertiary/aromatic N) is 1. The van der Waals surface area contributed by atoms with Crippen LogP contribution < -0.4 is 0 Å². The van der Waals surface area contributed by atoms with Crippen LogP contribution in [0.4, 0.5) is 0 Å². The fourth-order valence-electron chi connectivity index (χ4n) is 2.23. The zero-order valence-electron chi connectivity index (χ0n) is 16.3. The summed E-state index contributed by atoms with van der Waals surface area (Å²) in [5, 5.41) is 0. The quantitative estimate of drug-likeness (QED) is 0.529. The van der Waals surface area contributed by atoms with Gasteiger partial charge in [0.15, 0.2) is 0 Å². The zero-order valence-corrected chi connectivity index (χ0v) is 19.6.